The maximum absolute atomic E-state index is 5.89. The van der Waals surface area contributed by atoms with Gasteiger partial charge < -0.3 is 24.3 Å². The molecule has 1 saturated heterocycles. The van der Waals surface area contributed by atoms with E-state index < -0.39 is 0 Å². The summed E-state index contributed by atoms with van der Waals surface area (Å²) in [4.78, 5) is 11.5. The summed E-state index contributed by atoms with van der Waals surface area (Å²) in [6, 6.07) is 18.0. The van der Waals surface area contributed by atoms with E-state index in [-0.39, 0.29) is 18.9 Å². The SMILES string of the molecule is Cc1ccc(-n2c(C)cc([C@@H]3[C@@H](c4ccccn4)NC(=S)N3c3ccc4c(c3)OCO4)c2C)nc1. The van der Waals surface area contributed by atoms with Crippen LogP contribution in [0.15, 0.2) is 67.0 Å². The van der Waals surface area contributed by atoms with Gasteiger partial charge in [-0.15, -0.1) is 0 Å². The molecule has 0 unspecified atom stereocenters. The molecule has 0 amide bonds. The van der Waals surface area contributed by atoms with E-state index in [2.05, 4.69) is 56.8 Å². The molecule has 1 fully saturated rings. The summed E-state index contributed by atoms with van der Waals surface area (Å²) < 4.78 is 13.4. The Kier molecular flexibility index (Phi) is 5.18. The molecule has 176 valence electrons. The number of ether oxygens (including phenoxy) is 2. The molecule has 2 aliphatic rings. The lowest BCUT2D eigenvalue weighted by molar-refractivity contribution is 0.174. The van der Waals surface area contributed by atoms with Crippen LogP contribution in [0.3, 0.4) is 0 Å². The number of thiocarbonyl (C=S) groups is 1. The van der Waals surface area contributed by atoms with Crippen molar-refractivity contribution in [3.63, 3.8) is 0 Å². The average Bonchev–Trinajstić information content (AvgIpc) is 3.55. The molecule has 3 aromatic heterocycles. The Morgan fingerprint density at radius 1 is 0.971 bits per heavy atom. The van der Waals surface area contributed by atoms with Crippen LogP contribution in [0.4, 0.5) is 5.69 Å². The molecule has 2 atom stereocenters. The number of anilines is 1. The monoisotopic (exact) mass is 483 g/mol. The van der Waals surface area contributed by atoms with Crippen molar-refractivity contribution in [3.8, 4) is 17.3 Å². The zero-order valence-corrected chi connectivity index (χ0v) is 20.5. The van der Waals surface area contributed by atoms with Gasteiger partial charge in [0, 0.05) is 35.5 Å². The molecule has 7 nitrogen and oxygen atoms in total. The summed E-state index contributed by atoms with van der Waals surface area (Å²) in [6.45, 7) is 6.52. The van der Waals surface area contributed by atoms with Gasteiger partial charge in [-0.3, -0.25) is 4.98 Å². The van der Waals surface area contributed by atoms with E-state index in [0.29, 0.717) is 5.11 Å². The number of aryl methyl sites for hydroxylation is 2. The first-order chi connectivity index (χ1) is 17.0. The number of fused-ring (bicyclic) bond motifs is 1. The van der Waals surface area contributed by atoms with Gasteiger partial charge in [0.2, 0.25) is 6.79 Å². The molecule has 35 heavy (non-hydrogen) atoms. The molecule has 0 saturated carbocycles. The molecule has 0 spiro atoms. The van der Waals surface area contributed by atoms with Crippen molar-refractivity contribution >= 4 is 23.0 Å². The standard InChI is InChI=1S/C27H25N5O2S/c1-16-7-10-24(29-14-16)31-17(2)12-20(18(31)3)26-25(21-6-4-5-11-28-21)30-27(35)32(26)19-8-9-22-23(13-19)34-15-33-22/h4-14,25-26H,15H2,1-3H3,(H,30,35)/t25-,26-/m1/s1. The number of hydrogen-bond acceptors (Lipinski definition) is 5. The van der Waals surface area contributed by atoms with Crippen molar-refractivity contribution in [3.05, 3.63) is 95.2 Å². The lowest BCUT2D eigenvalue weighted by Gasteiger charge is -2.28. The third-order valence-corrected chi connectivity index (χ3v) is 6.96. The molecule has 1 N–H and O–H groups in total. The molecule has 6 rings (SSSR count). The van der Waals surface area contributed by atoms with Crippen LogP contribution in [-0.4, -0.2) is 26.4 Å². The predicted molar refractivity (Wildman–Crippen MR) is 138 cm³/mol. The predicted octanol–water partition coefficient (Wildman–Crippen LogP) is 5.10. The lowest BCUT2D eigenvalue weighted by atomic mass is 9.96. The molecule has 0 radical (unpaired) electrons. The Hall–Kier alpha value is -3.91. The smallest absolute Gasteiger partial charge is 0.231 e. The summed E-state index contributed by atoms with van der Waals surface area (Å²) in [7, 11) is 0. The highest BCUT2D eigenvalue weighted by Gasteiger charge is 2.42. The first kappa shape index (κ1) is 21.6. The van der Waals surface area contributed by atoms with Crippen molar-refractivity contribution in [2.75, 3.05) is 11.7 Å². The second kappa shape index (κ2) is 8.39. The van der Waals surface area contributed by atoms with E-state index in [0.717, 1.165) is 51.2 Å². The highest BCUT2D eigenvalue weighted by molar-refractivity contribution is 7.80. The number of aromatic nitrogens is 3. The summed E-state index contributed by atoms with van der Waals surface area (Å²) in [5.41, 5.74) is 6.38. The molecular formula is C27H25N5O2S. The number of rotatable bonds is 4. The zero-order chi connectivity index (χ0) is 24.1. The molecule has 0 bridgehead atoms. The van der Waals surface area contributed by atoms with Gasteiger partial charge in [0.1, 0.15) is 5.82 Å². The van der Waals surface area contributed by atoms with Crippen LogP contribution in [0.25, 0.3) is 5.82 Å². The highest BCUT2D eigenvalue weighted by Crippen LogP contribution is 2.45. The van der Waals surface area contributed by atoms with Crippen molar-refractivity contribution < 1.29 is 9.47 Å². The largest absolute Gasteiger partial charge is 0.454 e. The number of hydrogen-bond donors (Lipinski definition) is 1. The van der Waals surface area contributed by atoms with Crippen LogP contribution in [0, 0.1) is 20.8 Å². The van der Waals surface area contributed by atoms with Gasteiger partial charge in [0.25, 0.3) is 0 Å². The molecule has 0 aliphatic carbocycles. The Labute approximate surface area is 209 Å². The van der Waals surface area contributed by atoms with Crippen LogP contribution < -0.4 is 19.7 Å². The summed E-state index contributed by atoms with van der Waals surface area (Å²) in [6.07, 6.45) is 3.72. The van der Waals surface area contributed by atoms with Gasteiger partial charge in [0.05, 0.1) is 17.8 Å². The Morgan fingerprint density at radius 3 is 2.60 bits per heavy atom. The maximum atomic E-state index is 5.89. The average molecular weight is 484 g/mol. The maximum Gasteiger partial charge on any atom is 0.231 e. The number of nitrogens with one attached hydrogen (secondary N) is 1. The summed E-state index contributed by atoms with van der Waals surface area (Å²) in [5.74, 6) is 2.36. The first-order valence-corrected chi connectivity index (χ1v) is 11.9. The van der Waals surface area contributed by atoms with E-state index in [4.69, 9.17) is 21.7 Å². The molecule has 2 aliphatic heterocycles. The summed E-state index contributed by atoms with van der Waals surface area (Å²) in [5, 5.41) is 4.18. The van der Waals surface area contributed by atoms with E-state index in [9.17, 15) is 0 Å². The topological polar surface area (TPSA) is 64.4 Å². The summed E-state index contributed by atoms with van der Waals surface area (Å²) >= 11 is 5.89. The number of pyridine rings is 2. The fourth-order valence-corrected chi connectivity index (χ4v) is 5.36. The number of benzene rings is 1. The normalized spacial score (nSPS) is 18.7. The third kappa shape index (κ3) is 3.61. The van der Waals surface area contributed by atoms with Gasteiger partial charge >= 0.3 is 0 Å². The zero-order valence-electron chi connectivity index (χ0n) is 19.7. The van der Waals surface area contributed by atoms with Gasteiger partial charge in [-0.05, 0) is 80.5 Å². The van der Waals surface area contributed by atoms with E-state index >= 15 is 0 Å². The van der Waals surface area contributed by atoms with Gasteiger partial charge in [-0.1, -0.05) is 12.1 Å². The minimum absolute atomic E-state index is 0.122. The van der Waals surface area contributed by atoms with Gasteiger partial charge in [0.15, 0.2) is 16.6 Å². The molecular weight excluding hydrogens is 458 g/mol. The minimum Gasteiger partial charge on any atom is -0.454 e. The Bertz CT molecular complexity index is 1420. The lowest BCUT2D eigenvalue weighted by Crippen LogP contribution is -2.29. The van der Waals surface area contributed by atoms with Crippen LogP contribution in [0.2, 0.25) is 0 Å². The first-order valence-electron chi connectivity index (χ1n) is 11.5. The number of nitrogens with zero attached hydrogens (tertiary/aromatic N) is 4. The van der Waals surface area contributed by atoms with Crippen LogP contribution in [-0.2, 0) is 0 Å². The van der Waals surface area contributed by atoms with E-state index in [1.165, 1.54) is 0 Å². The second-order valence-corrected chi connectivity index (χ2v) is 9.28. The fraction of sp³-hybridized carbons (Fsp3) is 0.222. The highest BCUT2D eigenvalue weighted by atomic mass is 32.1. The van der Waals surface area contributed by atoms with E-state index in [1.807, 2.05) is 55.7 Å². The third-order valence-electron chi connectivity index (χ3n) is 6.65. The van der Waals surface area contributed by atoms with Gasteiger partial charge in [-0.2, -0.15) is 0 Å². The van der Waals surface area contributed by atoms with Crippen molar-refractivity contribution in [1.82, 2.24) is 19.9 Å². The Balaban J connectivity index is 1.51. The molecule has 4 aromatic rings. The molecule has 8 heteroatoms. The van der Waals surface area contributed by atoms with Crippen molar-refractivity contribution in [2.45, 2.75) is 32.9 Å². The van der Waals surface area contributed by atoms with Gasteiger partial charge in [-0.25, -0.2) is 4.98 Å². The Morgan fingerprint density at radius 2 is 1.83 bits per heavy atom. The molecule has 5 heterocycles. The minimum atomic E-state index is -0.131. The second-order valence-electron chi connectivity index (χ2n) is 8.89. The van der Waals surface area contributed by atoms with E-state index in [1.54, 1.807) is 0 Å². The molecule has 1 aromatic carbocycles. The fourth-order valence-electron chi connectivity index (χ4n) is 5.02. The van der Waals surface area contributed by atoms with Crippen LogP contribution in [0.1, 0.15) is 40.3 Å². The van der Waals surface area contributed by atoms with Crippen LogP contribution >= 0.6 is 12.2 Å². The quantitative estimate of drug-likeness (QED) is 0.405. The van der Waals surface area contributed by atoms with Crippen LogP contribution in [0.5, 0.6) is 11.5 Å². The van der Waals surface area contributed by atoms with Crippen molar-refractivity contribution in [1.29, 1.82) is 0 Å². The van der Waals surface area contributed by atoms with Crippen molar-refractivity contribution in [2.24, 2.45) is 0 Å².